The van der Waals surface area contributed by atoms with Gasteiger partial charge in [0, 0.05) is 23.1 Å². The summed E-state index contributed by atoms with van der Waals surface area (Å²) in [5.41, 5.74) is 0.633. The maximum atomic E-state index is 12.1. The molecular weight excluding hydrogens is 322 g/mol. The van der Waals surface area contributed by atoms with Crippen LogP contribution in [0.5, 0.6) is 0 Å². The molecule has 1 aromatic carbocycles. The van der Waals surface area contributed by atoms with Crippen molar-refractivity contribution in [1.82, 2.24) is 19.1 Å². The molecular formula is C14H12ClN5OS. The van der Waals surface area contributed by atoms with E-state index >= 15 is 0 Å². The van der Waals surface area contributed by atoms with E-state index in [0.717, 1.165) is 0 Å². The Hall–Kier alpha value is -2.38. The molecule has 22 heavy (non-hydrogen) atoms. The van der Waals surface area contributed by atoms with Gasteiger partial charge in [0.05, 0.1) is 0 Å². The van der Waals surface area contributed by atoms with Crippen molar-refractivity contribution in [2.45, 2.75) is 6.54 Å². The van der Waals surface area contributed by atoms with Crippen LogP contribution >= 0.6 is 23.8 Å². The Bertz CT molecular complexity index is 852. The number of carbonyl (C=O) groups excluding carboxylic acids is 1. The van der Waals surface area contributed by atoms with E-state index in [4.69, 9.17) is 23.8 Å². The number of rotatable bonds is 4. The van der Waals surface area contributed by atoms with Crippen molar-refractivity contribution in [3.05, 3.63) is 64.9 Å². The Morgan fingerprint density at radius 2 is 2.05 bits per heavy atom. The number of anilines is 1. The molecule has 0 atom stereocenters. The number of amides is 1. The van der Waals surface area contributed by atoms with E-state index in [2.05, 4.69) is 10.4 Å². The topological polar surface area (TPSA) is 56.8 Å². The first-order valence-electron chi connectivity index (χ1n) is 6.47. The van der Waals surface area contributed by atoms with Crippen LogP contribution in [0.15, 0.2) is 55.1 Å². The summed E-state index contributed by atoms with van der Waals surface area (Å²) >= 11 is 11.2. The molecule has 112 valence electrons. The average molecular weight is 334 g/mol. The first kappa shape index (κ1) is 14.6. The van der Waals surface area contributed by atoms with Gasteiger partial charge in [-0.2, -0.15) is 5.10 Å². The van der Waals surface area contributed by atoms with Crippen molar-refractivity contribution >= 4 is 35.4 Å². The number of carbonyl (C=O) groups is 1. The lowest BCUT2D eigenvalue weighted by Crippen LogP contribution is -2.20. The van der Waals surface area contributed by atoms with E-state index in [1.165, 1.54) is 4.68 Å². The molecule has 0 unspecified atom stereocenters. The summed E-state index contributed by atoms with van der Waals surface area (Å²) in [5, 5.41) is 7.46. The Morgan fingerprint density at radius 3 is 2.77 bits per heavy atom. The minimum absolute atomic E-state index is 0.0274. The van der Waals surface area contributed by atoms with Gasteiger partial charge in [-0.15, -0.1) is 0 Å². The molecule has 0 radical (unpaired) electrons. The number of nitrogens with zero attached hydrogens (tertiary/aromatic N) is 4. The van der Waals surface area contributed by atoms with Crippen molar-refractivity contribution in [2.24, 2.45) is 0 Å². The number of halogens is 1. The molecule has 0 fully saturated rings. The highest BCUT2D eigenvalue weighted by Crippen LogP contribution is 2.14. The van der Waals surface area contributed by atoms with Gasteiger partial charge in [-0.3, -0.25) is 9.47 Å². The maximum absolute atomic E-state index is 12.1. The third-order valence-corrected chi connectivity index (χ3v) is 3.59. The summed E-state index contributed by atoms with van der Waals surface area (Å²) in [6.07, 6.45) is 5.25. The zero-order valence-electron chi connectivity index (χ0n) is 11.4. The standard InChI is InChI=1S/C14H12ClN5OS/c15-11-4-3-5-12(8-11)17-13(21)9-19-14(22)20(10-16-19)18-6-1-2-7-18/h1-8,10H,9H2,(H,17,21). The summed E-state index contributed by atoms with van der Waals surface area (Å²) in [6, 6.07) is 10.7. The van der Waals surface area contributed by atoms with E-state index in [9.17, 15) is 4.79 Å². The van der Waals surface area contributed by atoms with Crippen molar-refractivity contribution in [2.75, 3.05) is 5.32 Å². The van der Waals surface area contributed by atoms with Gasteiger partial charge in [0.1, 0.15) is 12.9 Å². The van der Waals surface area contributed by atoms with Gasteiger partial charge in [-0.1, -0.05) is 17.7 Å². The van der Waals surface area contributed by atoms with E-state index < -0.39 is 0 Å². The monoisotopic (exact) mass is 333 g/mol. The fourth-order valence-corrected chi connectivity index (χ4v) is 2.41. The van der Waals surface area contributed by atoms with Gasteiger partial charge >= 0.3 is 0 Å². The van der Waals surface area contributed by atoms with E-state index in [1.807, 2.05) is 24.5 Å². The normalized spacial score (nSPS) is 10.6. The van der Waals surface area contributed by atoms with Gasteiger partial charge in [0.25, 0.3) is 0 Å². The Balaban J connectivity index is 1.74. The van der Waals surface area contributed by atoms with Crippen LogP contribution in [0.1, 0.15) is 0 Å². The van der Waals surface area contributed by atoms with Gasteiger partial charge in [-0.05, 0) is 42.5 Å². The number of hydrogen-bond donors (Lipinski definition) is 1. The van der Waals surface area contributed by atoms with Gasteiger partial charge in [-0.25, -0.2) is 9.36 Å². The highest BCUT2D eigenvalue weighted by Gasteiger charge is 2.08. The first-order valence-corrected chi connectivity index (χ1v) is 7.25. The Labute approximate surface area is 136 Å². The summed E-state index contributed by atoms with van der Waals surface area (Å²) in [4.78, 5) is 12.1. The number of hydrogen-bond acceptors (Lipinski definition) is 3. The van der Waals surface area contributed by atoms with Crippen LogP contribution in [0.3, 0.4) is 0 Å². The molecule has 2 heterocycles. The lowest BCUT2D eigenvalue weighted by molar-refractivity contribution is -0.116. The molecule has 0 bridgehead atoms. The van der Waals surface area contributed by atoms with Crippen molar-refractivity contribution in [3.63, 3.8) is 0 Å². The number of aromatic nitrogens is 4. The maximum Gasteiger partial charge on any atom is 0.246 e. The zero-order chi connectivity index (χ0) is 15.5. The Kier molecular flexibility index (Phi) is 4.08. The van der Waals surface area contributed by atoms with Gasteiger partial charge < -0.3 is 5.32 Å². The van der Waals surface area contributed by atoms with Crippen LogP contribution < -0.4 is 5.32 Å². The van der Waals surface area contributed by atoms with E-state index in [-0.39, 0.29) is 12.5 Å². The van der Waals surface area contributed by atoms with Crippen LogP contribution in [-0.4, -0.2) is 25.0 Å². The molecule has 3 aromatic rings. The highest BCUT2D eigenvalue weighted by molar-refractivity contribution is 7.71. The quantitative estimate of drug-likeness (QED) is 0.747. The number of nitrogens with one attached hydrogen (secondary N) is 1. The lowest BCUT2D eigenvalue weighted by atomic mass is 10.3. The summed E-state index contributed by atoms with van der Waals surface area (Å²) in [7, 11) is 0. The third-order valence-electron chi connectivity index (χ3n) is 2.96. The molecule has 0 aliphatic rings. The second-order valence-corrected chi connectivity index (χ2v) is 5.34. The molecule has 0 spiro atoms. The molecule has 1 amide bonds. The molecule has 6 nitrogen and oxygen atoms in total. The molecule has 0 saturated heterocycles. The third kappa shape index (κ3) is 3.10. The minimum atomic E-state index is -0.226. The van der Waals surface area contributed by atoms with E-state index in [1.54, 1.807) is 39.9 Å². The summed E-state index contributed by atoms with van der Waals surface area (Å²) in [5.74, 6) is -0.226. The van der Waals surface area contributed by atoms with Crippen LogP contribution in [-0.2, 0) is 11.3 Å². The van der Waals surface area contributed by atoms with Crippen molar-refractivity contribution < 1.29 is 4.79 Å². The Morgan fingerprint density at radius 1 is 1.27 bits per heavy atom. The summed E-state index contributed by atoms with van der Waals surface area (Å²) in [6.45, 7) is 0.0274. The minimum Gasteiger partial charge on any atom is -0.324 e. The predicted molar refractivity (Wildman–Crippen MR) is 86.4 cm³/mol. The molecule has 0 aliphatic carbocycles. The van der Waals surface area contributed by atoms with Crippen LogP contribution in [0.2, 0.25) is 5.02 Å². The summed E-state index contributed by atoms with van der Waals surface area (Å²) < 4.78 is 5.33. The largest absolute Gasteiger partial charge is 0.324 e. The second kappa shape index (κ2) is 6.17. The van der Waals surface area contributed by atoms with Gasteiger partial charge in [0.15, 0.2) is 0 Å². The van der Waals surface area contributed by atoms with Crippen LogP contribution in [0, 0.1) is 4.77 Å². The van der Waals surface area contributed by atoms with Crippen molar-refractivity contribution in [3.8, 4) is 0 Å². The average Bonchev–Trinajstić information content (AvgIpc) is 3.10. The smallest absolute Gasteiger partial charge is 0.246 e. The predicted octanol–water partition coefficient (Wildman–Crippen LogP) is 2.82. The molecule has 0 saturated carbocycles. The zero-order valence-corrected chi connectivity index (χ0v) is 13.0. The molecule has 3 rings (SSSR count). The highest BCUT2D eigenvalue weighted by atomic mass is 35.5. The fourth-order valence-electron chi connectivity index (χ4n) is 1.97. The lowest BCUT2D eigenvalue weighted by Gasteiger charge is -2.06. The van der Waals surface area contributed by atoms with Crippen LogP contribution in [0.25, 0.3) is 0 Å². The van der Waals surface area contributed by atoms with E-state index in [0.29, 0.717) is 15.5 Å². The van der Waals surface area contributed by atoms with Crippen LogP contribution in [0.4, 0.5) is 5.69 Å². The van der Waals surface area contributed by atoms with Crippen molar-refractivity contribution in [1.29, 1.82) is 0 Å². The second-order valence-electron chi connectivity index (χ2n) is 4.54. The molecule has 1 N–H and O–H groups in total. The molecule has 8 heteroatoms. The molecule has 2 aromatic heterocycles. The first-order chi connectivity index (χ1) is 10.6. The van der Waals surface area contributed by atoms with Gasteiger partial charge in [0.2, 0.25) is 10.7 Å². The molecule has 0 aliphatic heterocycles. The SMILES string of the molecule is O=C(Cn1ncn(-n2cccc2)c1=S)Nc1cccc(Cl)c1. The number of benzene rings is 1. The fraction of sp³-hybridized carbons (Fsp3) is 0.0714.